The fraction of sp³-hybridized carbons (Fsp3) is 0.0952. The lowest BCUT2D eigenvalue weighted by Crippen LogP contribution is -1.98. The van der Waals surface area contributed by atoms with E-state index in [1.807, 2.05) is 54.6 Å². The van der Waals surface area contributed by atoms with Crippen LogP contribution in [0.4, 0.5) is 0 Å². The zero-order valence-electron chi connectivity index (χ0n) is 13.3. The van der Waals surface area contributed by atoms with Crippen LogP contribution in [-0.2, 0) is 0 Å². The molecule has 0 saturated carbocycles. The number of rotatable bonds is 3. The van der Waals surface area contributed by atoms with E-state index in [1.165, 1.54) is 0 Å². The Hall–Kier alpha value is -3.05. The summed E-state index contributed by atoms with van der Waals surface area (Å²) in [5.41, 5.74) is 6.13. The van der Waals surface area contributed by atoms with Crippen molar-refractivity contribution in [3.05, 3.63) is 89.2 Å². The predicted octanol–water partition coefficient (Wildman–Crippen LogP) is 5.16. The predicted molar refractivity (Wildman–Crippen MR) is 95.2 cm³/mol. The van der Waals surface area contributed by atoms with E-state index >= 15 is 0 Å². The van der Waals surface area contributed by atoms with Crippen LogP contribution < -0.4 is 0 Å². The van der Waals surface area contributed by atoms with Gasteiger partial charge in [-0.25, -0.2) is 0 Å². The molecule has 0 radical (unpaired) electrons. The van der Waals surface area contributed by atoms with E-state index in [9.17, 15) is 5.26 Å². The summed E-state index contributed by atoms with van der Waals surface area (Å²) < 4.78 is 2.21. The molecule has 23 heavy (non-hydrogen) atoms. The SMILES string of the molecule is Cc1cc(/C=C(\C#N)c2ccccc2)c(C)n1-c1ccccc1. The summed E-state index contributed by atoms with van der Waals surface area (Å²) in [6, 6.07) is 24.5. The highest BCUT2D eigenvalue weighted by molar-refractivity contribution is 5.90. The summed E-state index contributed by atoms with van der Waals surface area (Å²) in [5.74, 6) is 0. The lowest BCUT2D eigenvalue weighted by Gasteiger charge is -2.09. The van der Waals surface area contributed by atoms with Gasteiger partial charge in [0.2, 0.25) is 0 Å². The van der Waals surface area contributed by atoms with Gasteiger partial charge in [-0.05, 0) is 49.2 Å². The number of para-hydroxylation sites is 1. The van der Waals surface area contributed by atoms with E-state index in [1.54, 1.807) is 0 Å². The molecule has 2 aromatic carbocycles. The van der Waals surface area contributed by atoms with Crippen LogP contribution >= 0.6 is 0 Å². The Morgan fingerprint density at radius 3 is 2.17 bits per heavy atom. The van der Waals surface area contributed by atoms with Crippen LogP contribution in [0, 0.1) is 25.2 Å². The molecule has 0 N–H and O–H groups in total. The third-order valence-electron chi connectivity index (χ3n) is 3.99. The summed E-state index contributed by atoms with van der Waals surface area (Å²) in [7, 11) is 0. The first-order valence-corrected chi connectivity index (χ1v) is 7.62. The molecule has 1 heterocycles. The fourth-order valence-electron chi connectivity index (χ4n) is 2.86. The van der Waals surface area contributed by atoms with E-state index in [4.69, 9.17) is 0 Å². The van der Waals surface area contributed by atoms with Crippen LogP contribution in [0.3, 0.4) is 0 Å². The maximum absolute atomic E-state index is 9.50. The Morgan fingerprint density at radius 1 is 0.957 bits per heavy atom. The third kappa shape index (κ3) is 2.95. The summed E-state index contributed by atoms with van der Waals surface area (Å²) in [5, 5.41) is 9.50. The van der Waals surface area contributed by atoms with Gasteiger partial charge in [-0.2, -0.15) is 5.26 Å². The third-order valence-corrected chi connectivity index (χ3v) is 3.99. The largest absolute Gasteiger partial charge is 0.318 e. The maximum Gasteiger partial charge on any atom is 0.0998 e. The van der Waals surface area contributed by atoms with Gasteiger partial charge in [0.05, 0.1) is 11.6 Å². The van der Waals surface area contributed by atoms with Crippen molar-refractivity contribution in [2.45, 2.75) is 13.8 Å². The van der Waals surface area contributed by atoms with Gasteiger partial charge in [0.15, 0.2) is 0 Å². The molecule has 0 fully saturated rings. The molecule has 0 unspecified atom stereocenters. The normalized spacial score (nSPS) is 11.3. The van der Waals surface area contributed by atoms with Gasteiger partial charge in [-0.1, -0.05) is 48.5 Å². The number of nitriles is 1. The Bertz CT molecular complexity index is 879. The zero-order chi connectivity index (χ0) is 16.2. The van der Waals surface area contributed by atoms with Crippen molar-refractivity contribution in [3.8, 4) is 11.8 Å². The minimum atomic E-state index is 0.680. The number of benzene rings is 2. The number of aryl methyl sites for hydroxylation is 1. The molecule has 0 bridgehead atoms. The van der Waals surface area contributed by atoms with Gasteiger partial charge in [0.1, 0.15) is 0 Å². The second-order valence-corrected chi connectivity index (χ2v) is 5.53. The van der Waals surface area contributed by atoms with E-state index in [2.05, 4.69) is 42.7 Å². The minimum Gasteiger partial charge on any atom is -0.318 e. The van der Waals surface area contributed by atoms with Gasteiger partial charge < -0.3 is 4.57 Å². The van der Waals surface area contributed by atoms with Crippen LogP contribution in [0.5, 0.6) is 0 Å². The molecular weight excluding hydrogens is 280 g/mol. The van der Waals surface area contributed by atoms with Crippen molar-refractivity contribution in [1.82, 2.24) is 4.57 Å². The summed E-state index contributed by atoms with van der Waals surface area (Å²) in [6.45, 7) is 4.18. The van der Waals surface area contributed by atoms with Crippen LogP contribution in [0.25, 0.3) is 17.3 Å². The molecular formula is C21H18N2. The number of nitrogens with zero attached hydrogens (tertiary/aromatic N) is 2. The quantitative estimate of drug-likeness (QED) is 0.614. The highest BCUT2D eigenvalue weighted by Crippen LogP contribution is 2.25. The summed E-state index contributed by atoms with van der Waals surface area (Å²) >= 11 is 0. The van der Waals surface area contributed by atoms with Crippen molar-refractivity contribution in [3.63, 3.8) is 0 Å². The fourth-order valence-corrected chi connectivity index (χ4v) is 2.86. The van der Waals surface area contributed by atoms with Crippen LogP contribution in [-0.4, -0.2) is 4.57 Å². The Balaban J connectivity index is 2.09. The van der Waals surface area contributed by atoms with E-state index < -0.39 is 0 Å². The molecule has 0 spiro atoms. The van der Waals surface area contributed by atoms with E-state index in [0.29, 0.717) is 5.57 Å². The molecule has 2 nitrogen and oxygen atoms in total. The number of hydrogen-bond acceptors (Lipinski definition) is 1. The van der Waals surface area contributed by atoms with Gasteiger partial charge in [0.25, 0.3) is 0 Å². The summed E-state index contributed by atoms with van der Waals surface area (Å²) in [6.07, 6.45) is 1.97. The Labute approximate surface area is 136 Å². The topological polar surface area (TPSA) is 28.7 Å². The van der Waals surface area contributed by atoms with Crippen molar-refractivity contribution in [1.29, 1.82) is 5.26 Å². The molecule has 3 rings (SSSR count). The smallest absolute Gasteiger partial charge is 0.0998 e. The minimum absolute atomic E-state index is 0.680. The molecule has 0 aliphatic carbocycles. The first-order chi connectivity index (χ1) is 11.2. The lowest BCUT2D eigenvalue weighted by atomic mass is 10.0. The average Bonchev–Trinajstić information content (AvgIpc) is 2.88. The number of aromatic nitrogens is 1. The van der Waals surface area contributed by atoms with Crippen LogP contribution in [0.2, 0.25) is 0 Å². The molecule has 2 heteroatoms. The Morgan fingerprint density at radius 2 is 1.57 bits per heavy atom. The summed E-state index contributed by atoms with van der Waals surface area (Å²) in [4.78, 5) is 0. The van der Waals surface area contributed by atoms with Crippen molar-refractivity contribution in [2.24, 2.45) is 0 Å². The van der Waals surface area contributed by atoms with Gasteiger partial charge in [-0.15, -0.1) is 0 Å². The monoisotopic (exact) mass is 298 g/mol. The van der Waals surface area contributed by atoms with Crippen LogP contribution in [0.1, 0.15) is 22.5 Å². The second kappa shape index (κ2) is 6.37. The first kappa shape index (κ1) is 14.9. The molecule has 0 aliphatic heterocycles. The first-order valence-electron chi connectivity index (χ1n) is 7.62. The van der Waals surface area contributed by atoms with E-state index in [0.717, 1.165) is 28.2 Å². The highest BCUT2D eigenvalue weighted by atomic mass is 15.0. The van der Waals surface area contributed by atoms with Crippen molar-refractivity contribution < 1.29 is 0 Å². The van der Waals surface area contributed by atoms with Gasteiger partial charge in [0, 0.05) is 17.1 Å². The molecule has 112 valence electrons. The van der Waals surface area contributed by atoms with Crippen molar-refractivity contribution in [2.75, 3.05) is 0 Å². The van der Waals surface area contributed by atoms with Gasteiger partial charge in [-0.3, -0.25) is 0 Å². The second-order valence-electron chi connectivity index (χ2n) is 5.53. The Kier molecular flexibility index (Phi) is 4.12. The van der Waals surface area contributed by atoms with Crippen LogP contribution in [0.15, 0.2) is 66.7 Å². The number of allylic oxidation sites excluding steroid dienone is 1. The molecule has 0 atom stereocenters. The lowest BCUT2D eigenvalue weighted by molar-refractivity contribution is 0.964. The standard InChI is InChI=1S/C21H18N2/c1-16-13-19(14-20(15-22)18-9-5-3-6-10-18)17(2)23(16)21-11-7-4-8-12-21/h3-14H,1-2H3/b20-14+. The molecule has 0 amide bonds. The molecule has 3 aromatic rings. The number of hydrogen-bond donors (Lipinski definition) is 0. The zero-order valence-corrected chi connectivity index (χ0v) is 13.3. The molecule has 1 aromatic heterocycles. The molecule has 0 aliphatic rings. The van der Waals surface area contributed by atoms with E-state index in [-0.39, 0.29) is 0 Å². The van der Waals surface area contributed by atoms with Crippen molar-refractivity contribution >= 4 is 11.6 Å². The van der Waals surface area contributed by atoms with Gasteiger partial charge >= 0.3 is 0 Å². The average molecular weight is 298 g/mol. The highest BCUT2D eigenvalue weighted by Gasteiger charge is 2.10. The molecule has 0 saturated heterocycles. The maximum atomic E-state index is 9.50.